The lowest BCUT2D eigenvalue weighted by Gasteiger charge is -2.21. The summed E-state index contributed by atoms with van der Waals surface area (Å²) >= 11 is 0. The van der Waals surface area contributed by atoms with Crippen molar-refractivity contribution in [2.45, 2.75) is 26.8 Å². The maximum absolute atomic E-state index is 3.44. The Kier molecular flexibility index (Phi) is 4.19. The summed E-state index contributed by atoms with van der Waals surface area (Å²) in [5, 5.41) is 3.44. The van der Waals surface area contributed by atoms with Crippen LogP contribution in [0.2, 0.25) is 0 Å². The highest BCUT2D eigenvalue weighted by atomic mass is 15.1. The van der Waals surface area contributed by atoms with Crippen LogP contribution >= 0.6 is 0 Å². The van der Waals surface area contributed by atoms with Crippen LogP contribution in [0.3, 0.4) is 0 Å². The van der Waals surface area contributed by atoms with Gasteiger partial charge in [0.1, 0.15) is 0 Å². The average molecular weight is 232 g/mol. The number of nitrogens with zero attached hydrogens (tertiary/aromatic N) is 1. The molecule has 1 aliphatic rings. The SMILES string of the molecule is Cc1ccc(C)c(CN(C)CC2CCNC2)c1. The van der Waals surface area contributed by atoms with Crippen LogP contribution in [0.4, 0.5) is 0 Å². The van der Waals surface area contributed by atoms with E-state index in [1.165, 1.54) is 42.7 Å². The fraction of sp³-hybridized carbons (Fsp3) is 0.600. The molecular weight excluding hydrogens is 208 g/mol. The monoisotopic (exact) mass is 232 g/mol. The molecule has 1 aromatic rings. The highest BCUT2D eigenvalue weighted by Crippen LogP contribution is 2.15. The van der Waals surface area contributed by atoms with Crippen LogP contribution in [0.25, 0.3) is 0 Å². The standard InChI is InChI=1S/C15H24N2/c1-12-4-5-13(2)15(8-12)11-17(3)10-14-6-7-16-9-14/h4-5,8,14,16H,6-7,9-11H2,1-3H3. The first kappa shape index (κ1) is 12.6. The van der Waals surface area contributed by atoms with Crippen molar-refractivity contribution in [3.05, 3.63) is 34.9 Å². The van der Waals surface area contributed by atoms with E-state index in [0.717, 1.165) is 12.5 Å². The van der Waals surface area contributed by atoms with Gasteiger partial charge in [0.2, 0.25) is 0 Å². The Hall–Kier alpha value is -0.860. The Morgan fingerprint density at radius 2 is 2.18 bits per heavy atom. The number of aryl methyl sites for hydroxylation is 2. The Morgan fingerprint density at radius 3 is 2.88 bits per heavy atom. The molecule has 1 heterocycles. The molecule has 1 aromatic carbocycles. The van der Waals surface area contributed by atoms with Crippen LogP contribution in [0.15, 0.2) is 18.2 Å². The summed E-state index contributed by atoms with van der Waals surface area (Å²) in [4.78, 5) is 2.46. The topological polar surface area (TPSA) is 15.3 Å². The predicted molar refractivity (Wildman–Crippen MR) is 73.2 cm³/mol. The molecule has 1 atom stereocenters. The van der Waals surface area contributed by atoms with E-state index >= 15 is 0 Å². The first-order valence-corrected chi connectivity index (χ1v) is 6.60. The molecule has 0 aromatic heterocycles. The summed E-state index contributed by atoms with van der Waals surface area (Å²) in [7, 11) is 2.24. The lowest BCUT2D eigenvalue weighted by atomic mass is 10.0. The number of rotatable bonds is 4. The van der Waals surface area contributed by atoms with Gasteiger partial charge in [-0.25, -0.2) is 0 Å². The van der Waals surface area contributed by atoms with E-state index < -0.39 is 0 Å². The van der Waals surface area contributed by atoms with Crippen molar-refractivity contribution in [1.29, 1.82) is 0 Å². The van der Waals surface area contributed by atoms with Crippen molar-refractivity contribution < 1.29 is 0 Å². The van der Waals surface area contributed by atoms with Gasteiger partial charge in [0.25, 0.3) is 0 Å². The zero-order valence-corrected chi connectivity index (χ0v) is 11.3. The van der Waals surface area contributed by atoms with E-state index in [1.54, 1.807) is 0 Å². The van der Waals surface area contributed by atoms with Crippen LogP contribution in [0.5, 0.6) is 0 Å². The zero-order chi connectivity index (χ0) is 12.3. The minimum atomic E-state index is 0.838. The zero-order valence-electron chi connectivity index (χ0n) is 11.3. The van der Waals surface area contributed by atoms with Gasteiger partial charge in [0.05, 0.1) is 0 Å². The van der Waals surface area contributed by atoms with Gasteiger partial charge in [-0.2, -0.15) is 0 Å². The van der Waals surface area contributed by atoms with Gasteiger partial charge >= 0.3 is 0 Å². The molecule has 0 spiro atoms. The highest BCUT2D eigenvalue weighted by molar-refractivity contribution is 5.30. The van der Waals surface area contributed by atoms with Crippen LogP contribution in [-0.4, -0.2) is 31.6 Å². The fourth-order valence-corrected chi connectivity index (χ4v) is 2.64. The van der Waals surface area contributed by atoms with E-state index in [-0.39, 0.29) is 0 Å². The van der Waals surface area contributed by atoms with E-state index in [4.69, 9.17) is 0 Å². The first-order valence-electron chi connectivity index (χ1n) is 6.60. The smallest absolute Gasteiger partial charge is 0.0233 e. The number of nitrogens with one attached hydrogen (secondary N) is 1. The Balaban J connectivity index is 1.92. The Bertz CT molecular complexity index is 367. The van der Waals surface area contributed by atoms with Crippen molar-refractivity contribution in [2.75, 3.05) is 26.7 Å². The number of benzene rings is 1. The molecule has 17 heavy (non-hydrogen) atoms. The summed E-state index contributed by atoms with van der Waals surface area (Å²) in [5.74, 6) is 0.838. The molecule has 2 rings (SSSR count). The van der Waals surface area contributed by atoms with Gasteiger partial charge in [-0.05, 0) is 57.5 Å². The maximum Gasteiger partial charge on any atom is 0.0233 e. The molecule has 2 nitrogen and oxygen atoms in total. The highest BCUT2D eigenvalue weighted by Gasteiger charge is 2.16. The molecule has 1 saturated heterocycles. The average Bonchev–Trinajstić information content (AvgIpc) is 2.76. The van der Waals surface area contributed by atoms with Gasteiger partial charge < -0.3 is 10.2 Å². The molecule has 0 bridgehead atoms. The van der Waals surface area contributed by atoms with E-state index in [9.17, 15) is 0 Å². The summed E-state index contributed by atoms with van der Waals surface area (Å²) in [6.07, 6.45) is 1.33. The second-order valence-corrected chi connectivity index (χ2v) is 5.49. The lowest BCUT2D eigenvalue weighted by molar-refractivity contribution is 0.278. The second-order valence-electron chi connectivity index (χ2n) is 5.49. The van der Waals surface area contributed by atoms with Crippen LogP contribution < -0.4 is 5.32 Å². The van der Waals surface area contributed by atoms with Gasteiger partial charge in [-0.3, -0.25) is 0 Å². The summed E-state index contributed by atoms with van der Waals surface area (Å²) < 4.78 is 0. The summed E-state index contributed by atoms with van der Waals surface area (Å²) in [5.41, 5.74) is 4.24. The summed E-state index contributed by atoms with van der Waals surface area (Å²) in [6.45, 7) is 9.05. The normalized spacial score (nSPS) is 20.1. The molecule has 0 aliphatic carbocycles. The largest absolute Gasteiger partial charge is 0.316 e. The van der Waals surface area contributed by atoms with E-state index in [2.05, 4.69) is 49.3 Å². The van der Waals surface area contributed by atoms with E-state index in [0.29, 0.717) is 0 Å². The molecule has 1 unspecified atom stereocenters. The molecule has 0 amide bonds. The van der Waals surface area contributed by atoms with Crippen LogP contribution in [-0.2, 0) is 6.54 Å². The van der Waals surface area contributed by atoms with Crippen molar-refractivity contribution in [3.63, 3.8) is 0 Å². The fourth-order valence-electron chi connectivity index (χ4n) is 2.64. The molecule has 0 radical (unpaired) electrons. The van der Waals surface area contributed by atoms with Crippen LogP contribution in [0.1, 0.15) is 23.1 Å². The first-order chi connectivity index (χ1) is 8.15. The molecule has 1 N–H and O–H groups in total. The minimum absolute atomic E-state index is 0.838. The summed E-state index contributed by atoms with van der Waals surface area (Å²) in [6, 6.07) is 6.74. The van der Waals surface area contributed by atoms with Crippen LogP contribution in [0, 0.1) is 19.8 Å². The molecule has 2 heteroatoms. The van der Waals surface area contributed by atoms with Gasteiger partial charge in [-0.1, -0.05) is 23.8 Å². The number of hydrogen-bond donors (Lipinski definition) is 1. The Labute approximate surface area is 105 Å². The molecule has 94 valence electrons. The van der Waals surface area contributed by atoms with E-state index in [1.807, 2.05) is 0 Å². The molecule has 1 fully saturated rings. The second kappa shape index (κ2) is 5.65. The van der Waals surface area contributed by atoms with Gasteiger partial charge in [0.15, 0.2) is 0 Å². The third-order valence-corrected chi connectivity index (χ3v) is 3.68. The van der Waals surface area contributed by atoms with Crippen molar-refractivity contribution >= 4 is 0 Å². The minimum Gasteiger partial charge on any atom is -0.316 e. The van der Waals surface area contributed by atoms with Crippen molar-refractivity contribution in [1.82, 2.24) is 10.2 Å². The molecule has 0 saturated carbocycles. The van der Waals surface area contributed by atoms with Gasteiger partial charge in [-0.15, -0.1) is 0 Å². The molecular formula is C15H24N2. The third-order valence-electron chi connectivity index (χ3n) is 3.68. The lowest BCUT2D eigenvalue weighted by Crippen LogP contribution is -2.26. The predicted octanol–water partition coefficient (Wildman–Crippen LogP) is 2.34. The maximum atomic E-state index is 3.44. The van der Waals surface area contributed by atoms with Gasteiger partial charge in [0, 0.05) is 13.1 Å². The quantitative estimate of drug-likeness (QED) is 0.857. The number of hydrogen-bond acceptors (Lipinski definition) is 2. The molecule has 1 aliphatic heterocycles. The Morgan fingerprint density at radius 1 is 1.35 bits per heavy atom. The van der Waals surface area contributed by atoms with Crippen molar-refractivity contribution in [3.8, 4) is 0 Å². The third kappa shape index (κ3) is 3.55. The van der Waals surface area contributed by atoms with Crippen molar-refractivity contribution in [2.24, 2.45) is 5.92 Å².